The van der Waals surface area contributed by atoms with E-state index in [4.69, 9.17) is 4.74 Å². The second-order valence-corrected chi connectivity index (χ2v) is 8.67. The molecule has 0 spiro atoms. The topological polar surface area (TPSA) is 128 Å². The first-order valence-corrected chi connectivity index (χ1v) is 11.5. The SMILES string of the molecule is CCOc1cc(Nc2cc(NC(C)=O)ncc2-c2ccn(CC)n2)nc(S(C)(=O)=O)c1. The van der Waals surface area contributed by atoms with Crippen LogP contribution < -0.4 is 15.4 Å². The molecule has 0 radical (unpaired) electrons. The van der Waals surface area contributed by atoms with E-state index in [2.05, 4.69) is 25.7 Å². The van der Waals surface area contributed by atoms with E-state index in [1.807, 2.05) is 19.2 Å². The standard InChI is InChI=1S/C20H24N6O4S/c1-5-26-8-7-16(25-26)15-12-21-18(22-13(3)27)11-17(15)23-19-9-14(30-6-2)10-20(24-19)31(4,28)29/h7-12H,5-6H2,1-4H3,(H2,21,22,23,24,27). The van der Waals surface area contributed by atoms with Gasteiger partial charge in [0.25, 0.3) is 0 Å². The van der Waals surface area contributed by atoms with Crippen molar-refractivity contribution in [3.8, 4) is 17.0 Å². The van der Waals surface area contributed by atoms with Gasteiger partial charge in [-0.15, -0.1) is 0 Å². The molecule has 0 atom stereocenters. The smallest absolute Gasteiger partial charge is 0.222 e. The lowest BCUT2D eigenvalue weighted by Gasteiger charge is -2.14. The van der Waals surface area contributed by atoms with Crippen LogP contribution in [0.25, 0.3) is 11.3 Å². The van der Waals surface area contributed by atoms with Gasteiger partial charge < -0.3 is 15.4 Å². The van der Waals surface area contributed by atoms with Crippen LogP contribution in [0.1, 0.15) is 20.8 Å². The molecule has 11 heteroatoms. The number of aromatic nitrogens is 4. The van der Waals surface area contributed by atoms with Gasteiger partial charge >= 0.3 is 0 Å². The first kappa shape index (κ1) is 22.2. The minimum Gasteiger partial charge on any atom is -0.494 e. The number of pyridine rings is 2. The lowest BCUT2D eigenvalue weighted by Crippen LogP contribution is -2.09. The van der Waals surface area contributed by atoms with Crippen LogP contribution in [0, 0.1) is 0 Å². The number of nitrogens with one attached hydrogen (secondary N) is 2. The van der Waals surface area contributed by atoms with Crippen LogP contribution in [0.3, 0.4) is 0 Å². The maximum absolute atomic E-state index is 12.1. The summed E-state index contributed by atoms with van der Waals surface area (Å²) >= 11 is 0. The summed E-state index contributed by atoms with van der Waals surface area (Å²) in [5.74, 6) is 0.700. The molecule has 0 bridgehead atoms. The van der Waals surface area contributed by atoms with Crippen molar-refractivity contribution < 1.29 is 17.9 Å². The van der Waals surface area contributed by atoms with Crippen LogP contribution in [0.4, 0.5) is 17.3 Å². The first-order chi connectivity index (χ1) is 14.7. The van der Waals surface area contributed by atoms with Crippen molar-refractivity contribution in [3.63, 3.8) is 0 Å². The van der Waals surface area contributed by atoms with E-state index >= 15 is 0 Å². The Morgan fingerprint density at radius 3 is 2.58 bits per heavy atom. The lowest BCUT2D eigenvalue weighted by molar-refractivity contribution is -0.114. The fourth-order valence-corrected chi connectivity index (χ4v) is 3.41. The third-order valence-electron chi connectivity index (χ3n) is 4.18. The summed E-state index contributed by atoms with van der Waals surface area (Å²) in [6.45, 7) is 6.24. The van der Waals surface area contributed by atoms with Crippen molar-refractivity contribution in [2.24, 2.45) is 0 Å². The maximum Gasteiger partial charge on any atom is 0.222 e. The molecule has 1 amide bonds. The summed E-state index contributed by atoms with van der Waals surface area (Å²) in [6.07, 6.45) is 4.51. The number of anilines is 3. The fourth-order valence-electron chi connectivity index (χ4n) is 2.82. The molecule has 0 fully saturated rings. The minimum atomic E-state index is -3.56. The van der Waals surface area contributed by atoms with Gasteiger partial charge in [-0.05, 0) is 19.9 Å². The van der Waals surface area contributed by atoms with Crippen molar-refractivity contribution in [2.45, 2.75) is 32.3 Å². The van der Waals surface area contributed by atoms with E-state index in [0.29, 0.717) is 41.7 Å². The van der Waals surface area contributed by atoms with Gasteiger partial charge in [-0.2, -0.15) is 5.10 Å². The number of hydrogen-bond acceptors (Lipinski definition) is 8. The Hall–Kier alpha value is -3.47. The van der Waals surface area contributed by atoms with Gasteiger partial charge in [-0.25, -0.2) is 18.4 Å². The number of ether oxygens (including phenoxy) is 1. The second-order valence-electron chi connectivity index (χ2n) is 6.71. The number of rotatable bonds is 8. The number of aryl methyl sites for hydroxylation is 1. The highest BCUT2D eigenvalue weighted by Crippen LogP contribution is 2.32. The highest BCUT2D eigenvalue weighted by Gasteiger charge is 2.16. The Kier molecular flexibility index (Phi) is 6.54. The average Bonchev–Trinajstić information content (AvgIpc) is 3.16. The van der Waals surface area contributed by atoms with E-state index in [-0.39, 0.29) is 16.8 Å². The summed E-state index contributed by atoms with van der Waals surface area (Å²) in [5.41, 5.74) is 1.86. The first-order valence-electron chi connectivity index (χ1n) is 9.63. The second kappa shape index (κ2) is 9.13. The summed E-state index contributed by atoms with van der Waals surface area (Å²) in [6, 6.07) is 6.46. The van der Waals surface area contributed by atoms with Crippen LogP contribution in [-0.2, 0) is 21.2 Å². The molecule has 3 heterocycles. The molecule has 0 aliphatic heterocycles. The van der Waals surface area contributed by atoms with Gasteiger partial charge in [-0.3, -0.25) is 9.48 Å². The number of sulfone groups is 1. The fraction of sp³-hybridized carbons (Fsp3) is 0.300. The van der Waals surface area contributed by atoms with Gasteiger partial charge in [-0.1, -0.05) is 0 Å². The van der Waals surface area contributed by atoms with Crippen molar-refractivity contribution in [2.75, 3.05) is 23.5 Å². The molecular formula is C20H24N6O4S. The quantitative estimate of drug-likeness (QED) is 0.543. The van der Waals surface area contributed by atoms with Crippen LogP contribution in [0.2, 0.25) is 0 Å². The van der Waals surface area contributed by atoms with Gasteiger partial charge in [0.2, 0.25) is 5.91 Å². The van der Waals surface area contributed by atoms with Crippen molar-refractivity contribution in [1.29, 1.82) is 0 Å². The number of nitrogens with zero attached hydrogens (tertiary/aromatic N) is 4. The molecule has 10 nitrogen and oxygen atoms in total. The molecular weight excluding hydrogens is 420 g/mol. The lowest BCUT2D eigenvalue weighted by atomic mass is 10.1. The van der Waals surface area contributed by atoms with Crippen molar-refractivity contribution >= 4 is 33.1 Å². The highest BCUT2D eigenvalue weighted by molar-refractivity contribution is 7.90. The zero-order chi connectivity index (χ0) is 22.6. The molecule has 3 aromatic rings. The number of amides is 1. The minimum absolute atomic E-state index is 0.117. The average molecular weight is 445 g/mol. The number of carbonyl (C=O) groups is 1. The van der Waals surface area contributed by atoms with Gasteiger partial charge in [0.05, 0.1) is 18.0 Å². The number of hydrogen-bond donors (Lipinski definition) is 2. The van der Waals surface area contributed by atoms with Gasteiger partial charge in [0.1, 0.15) is 17.4 Å². The Morgan fingerprint density at radius 1 is 1.19 bits per heavy atom. The number of carbonyl (C=O) groups excluding carboxylic acids is 1. The van der Waals surface area contributed by atoms with Gasteiger partial charge in [0.15, 0.2) is 14.9 Å². The molecule has 0 aliphatic rings. The van der Waals surface area contributed by atoms with Crippen LogP contribution >= 0.6 is 0 Å². The summed E-state index contributed by atoms with van der Waals surface area (Å²) in [5, 5.41) is 10.2. The van der Waals surface area contributed by atoms with Crippen LogP contribution in [0.15, 0.2) is 41.7 Å². The summed E-state index contributed by atoms with van der Waals surface area (Å²) < 4.78 is 31.4. The molecule has 3 rings (SSSR count). The molecule has 31 heavy (non-hydrogen) atoms. The molecule has 0 aromatic carbocycles. The van der Waals surface area contributed by atoms with Crippen LogP contribution in [-0.4, -0.2) is 46.9 Å². The van der Waals surface area contributed by atoms with E-state index in [1.165, 1.54) is 13.0 Å². The summed E-state index contributed by atoms with van der Waals surface area (Å²) in [7, 11) is -3.56. The molecule has 0 saturated heterocycles. The van der Waals surface area contributed by atoms with E-state index < -0.39 is 9.84 Å². The van der Waals surface area contributed by atoms with E-state index in [9.17, 15) is 13.2 Å². The monoisotopic (exact) mass is 444 g/mol. The molecule has 3 aromatic heterocycles. The summed E-state index contributed by atoms with van der Waals surface area (Å²) in [4.78, 5) is 20.0. The van der Waals surface area contributed by atoms with Gasteiger partial charge in [0, 0.05) is 55.9 Å². The molecule has 164 valence electrons. The molecule has 0 unspecified atom stereocenters. The normalized spacial score (nSPS) is 11.2. The highest BCUT2D eigenvalue weighted by atomic mass is 32.2. The maximum atomic E-state index is 12.1. The third kappa shape index (κ3) is 5.57. The van der Waals surface area contributed by atoms with E-state index in [0.717, 1.165) is 6.26 Å². The Bertz CT molecular complexity index is 1210. The predicted molar refractivity (Wildman–Crippen MR) is 117 cm³/mol. The molecule has 0 aliphatic carbocycles. The Balaban J connectivity index is 2.09. The third-order valence-corrected chi connectivity index (χ3v) is 5.15. The predicted octanol–water partition coefficient (Wildman–Crippen LogP) is 2.86. The Morgan fingerprint density at radius 2 is 1.97 bits per heavy atom. The van der Waals surface area contributed by atoms with Crippen molar-refractivity contribution in [3.05, 3.63) is 36.7 Å². The largest absolute Gasteiger partial charge is 0.494 e. The van der Waals surface area contributed by atoms with Crippen LogP contribution in [0.5, 0.6) is 5.75 Å². The zero-order valence-corrected chi connectivity index (χ0v) is 18.5. The molecule has 0 saturated carbocycles. The zero-order valence-electron chi connectivity index (χ0n) is 17.7. The van der Waals surface area contributed by atoms with E-state index in [1.54, 1.807) is 29.9 Å². The molecule has 2 N–H and O–H groups in total. The Labute approximate surface area is 180 Å². The van der Waals surface area contributed by atoms with Crippen molar-refractivity contribution in [1.82, 2.24) is 19.7 Å².